The van der Waals surface area contributed by atoms with Crippen LogP contribution in [0.2, 0.25) is 0 Å². The molecule has 0 bridgehead atoms. The topological polar surface area (TPSA) is 78.9 Å². The summed E-state index contributed by atoms with van der Waals surface area (Å²) in [4.78, 5) is 15.4. The highest BCUT2D eigenvalue weighted by Gasteiger charge is 2.20. The van der Waals surface area contributed by atoms with E-state index in [9.17, 15) is 9.90 Å². The third kappa shape index (κ3) is 3.10. The Labute approximate surface area is 109 Å². The van der Waals surface area contributed by atoms with Crippen LogP contribution in [0, 0.1) is 6.92 Å². The minimum absolute atomic E-state index is 0.413. The van der Waals surface area contributed by atoms with E-state index in [1.807, 2.05) is 37.3 Å². The van der Waals surface area contributed by atoms with Gasteiger partial charge in [-0.2, -0.15) is 0 Å². The van der Waals surface area contributed by atoms with Crippen molar-refractivity contribution in [1.29, 1.82) is 0 Å². The standard InChI is InChI=1S/C12H13N3O2S/c1-8-13-12(15-14-8)18-7-10(11(16)17)9-5-3-2-4-6-9/h2-6,10H,7H2,1H3,(H,16,17)(H,13,14,15). The molecule has 0 fully saturated rings. The molecule has 0 aliphatic carbocycles. The number of hydrogen-bond donors (Lipinski definition) is 2. The van der Waals surface area contributed by atoms with Crippen molar-refractivity contribution in [3.8, 4) is 0 Å². The van der Waals surface area contributed by atoms with Crippen LogP contribution < -0.4 is 0 Å². The van der Waals surface area contributed by atoms with Gasteiger partial charge in [0.25, 0.3) is 0 Å². The molecule has 0 spiro atoms. The zero-order chi connectivity index (χ0) is 13.0. The smallest absolute Gasteiger partial charge is 0.311 e. The first kappa shape index (κ1) is 12.6. The fourth-order valence-electron chi connectivity index (χ4n) is 1.54. The van der Waals surface area contributed by atoms with E-state index >= 15 is 0 Å². The van der Waals surface area contributed by atoms with Gasteiger partial charge in [0.1, 0.15) is 5.82 Å². The number of benzene rings is 1. The molecule has 0 radical (unpaired) electrons. The van der Waals surface area contributed by atoms with E-state index in [0.717, 1.165) is 11.4 Å². The molecule has 6 heteroatoms. The Morgan fingerprint density at radius 3 is 2.72 bits per heavy atom. The highest BCUT2D eigenvalue weighted by Crippen LogP contribution is 2.24. The molecule has 5 nitrogen and oxygen atoms in total. The Balaban J connectivity index is 2.06. The molecule has 1 aromatic heterocycles. The van der Waals surface area contributed by atoms with Gasteiger partial charge in [-0.1, -0.05) is 42.1 Å². The number of hydrogen-bond acceptors (Lipinski definition) is 4. The first-order valence-corrected chi connectivity index (χ1v) is 6.45. The summed E-state index contributed by atoms with van der Waals surface area (Å²) in [6, 6.07) is 9.19. The molecule has 0 aliphatic rings. The van der Waals surface area contributed by atoms with Gasteiger partial charge < -0.3 is 5.11 Å². The lowest BCUT2D eigenvalue weighted by Crippen LogP contribution is -2.14. The van der Waals surface area contributed by atoms with Crippen molar-refractivity contribution in [2.45, 2.75) is 18.0 Å². The Kier molecular flexibility index (Phi) is 3.99. The zero-order valence-corrected chi connectivity index (χ0v) is 10.6. The van der Waals surface area contributed by atoms with Gasteiger partial charge in [0.05, 0.1) is 5.92 Å². The van der Waals surface area contributed by atoms with Gasteiger partial charge in [0.15, 0.2) is 0 Å². The maximum Gasteiger partial charge on any atom is 0.311 e. The van der Waals surface area contributed by atoms with Crippen molar-refractivity contribution in [2.75, 3.05) is 5.75 Å². The molecule has 2 N–H and O–H groups in total. The summed E-state index contributed by atoms with van der Waals surface area (Å²) in [6.07, 6.45) is 0. The van der Waals surface area contributed by atoms with E-state index in [0.29, 0.717) is 10.9 Å². The van der Waals surface area contributed by atoms with E-state index < -0.39 is 11.9 Å². The van der Waals surface area contributed by atoms with Crippen LogP contribution in [-0.2, 0) is 4.79 Å². The Hall–Kier alpha value is -1.82. The maximum atomic E-state index is 11.3. The van der Waals surface area contributed by atoms with Crippen LogP contribution in [0.15, 0.2) is 35.5 Å². The number of aromatic nitrogens is 3. The minimum Gasteiger partial charge on any atom is -0.481 e. The van der Waals surface area contributed by atoms with E-state index in [-0.39, 0.29) is 0 Å². The molecule has 2 aromatic rings. The lowest BCUT2D eigenvalue weighted by Gasteiger charge is -2.10. The number of rotatable bonds is 5. The van der Waals surface area contributed by atoms with Gasteiger partial charge in [-0.25, -0.2) is 4.98 Å². The number of carbonyl (C=O) groups is 1. The highest BCUT2D eigenvalue weighted by atomic mass is 32.2. The minimum atomic E-state index is -0.832. The molecule has 1 atom stereocenters. The number of aryl methyl sites for hydroxylation is 1. The van der Waals surface area contributed by atoms with Gasteiger partial charge >= 0.3 is 5.97 Å². The number of H-pyrrole nitrogens is 1. The molecular formula is C12H13N3O2S. The highest BCUT2D eigenvalue weighted by molar-refractivity contribution is 7.99. The van der Waals surface area contributed by atoms with Gasteiger partial charge in [-0.3, -0.25) is 9.89 Å². The third-order valence-corrected chi connectivity index (χ3v) is 3.40. The van der Waals surface area contributed by atoms with Crippen molar-refractivity contribution in [3.05, 3.63) is 41.7 Å². The van der Waals surface area contributed by atoms with Crippen LogP contribution in [-0.4, -0.2) is 32.0 Å². The van der Waals surface area contributed by atoms with Crippen molar-refractivity contribution in [1.82, 2.24) is 15.2 Å². The summed E-state index contributed by atoms with van der Waals surface area (Å²) in [5.41, 5.74) is 0.796. The second-order valence-corrected chi connectivity index (χ2v) is 4.80. The molecule has 1 heterocycles. The van der Waals surface area contributed by atoms with Crippen molar-refractivity contribution >= 4 is 17.7 Å². The first-order chi connectivity index (χ1) is 8.66. The van der Waals surface area contributed by atoms with E-state index in [2.05, 4.69) is 15.2 Å². The number of nitrogens with one attached hydrogen (secondary N) is 1. The van der Waals surface area contributed by atoms with Crippen molar-refractivity contribution in [2.24, 2.45) is 0 Å². The molecule has 0 saturated carbocycles. The maximum absolute atomic E-state index is 11.3. The first-order valence-electron chi connectivity index (χ1n) is 5.46. The number of carboxylic acid groups (broad SMARTS) is 1. The molecule has 94 valence electrons. The number of nitrogens with zero attached hydrogens (tertiary/aromatic N) is 2. The predicted molar refractivity (Wildman–Crippen MR) is 68.7 cm³/mol. The lowest BCUT2D eigenvalue weighted by atomic mass is 10.0. The quantitative estimate of drug-likeness (QED) is 0.807. The van der Waals surface area contributed by atoms with E-state index in [1.165, 1.54) is 11.8 Å². The summed E-state index contributed by atoms with van der Waals surface area (Å²) in [7, 11) is 0. The van der Waals surface area contributed by atoms with Crippen molar-refractivity contribution in [3.63, 3.8) is 0 Å². The van der Waals surface area contributed by atoms with Gasteiger partial charge in [0.2, 0.25) is 5.16 Å². The molecule has 0 aliphatic heterocycles. The van der Waals surface area contributed by atoms with Gasteiger partial charge in [-0.05, 0) is 12.5 Å². The Bertz CT molecular complexity index is 527. The summed E-state index contributed by atoms with van der Waals surface area (Å²) in [5.74, 6) is -0.239. The molecule has 18 heavy (non-hydrogen) atoms. The van der Waals surface area contributed by atoms with Crippen LogP contribution >= 0.6 is 11.8 Å². The third-order valence-electron chi connectivity index (χ3n) is 2.46. The average Bonchev–Trinajstić information content (AvgIpc) is 2.76. The molecule has 0 saturated heterocycles. The number of thioether (sulfide) groups is 1. The van der Waals surface area contributed by atoms with Crippen LogP contribution in [0.5, 0.6) is 0 Å². The van der Waals surface area contributed by atoms with Crippen LogP contribution in [0.25, 0.3) is 0 Å². The van der Waals surface area contributed by atoms with Crippen LogP contribution in [0.3, 0.4) is 0 Å². The monoisotopic (exact) mass is 263 g/mol. The largest absolute Gasteiger partial charge is 0.481 e. The van der Waals surface area contributed by atoms with Gasteiger partial charge in [-0.15, -0.1) is 5.10 Å². The second-order valence-electron chi connectivity index (χ2n) is 3.82. The van der Waals surface area contributed by atoms with E-state index in [4.69, 9.17) is 0 Å². The van der Waals surface area contributed by atoms with E-state index in [1.54, 1.807) is 0 Å². The predicted octanol–water partition coefficient (Wildman–Crippen LogP) is 2.07. The number of carboxylic acids is 1. The summed E-state index contributed by atoms with van der Waals surface area (Å²) >= 11 is 1.34. The molecule has 0 amide bonds. The average molecular weight is 263 g/mol. The number of aliphatic carboxylic acids is 1. The van der Waals surface area contributed by atoms with Gasteiger partial charge in [0, 0.05) is 5.75 Å². The van der Waals surface area contributed by atoms with Crippen molar-refractivity contribution < 1.29 is 9.90 Å². The fourth-order valence-corrected chi connectivity index (χ4v) is 2.50. The summed E-state index contributed by atoms with van der Waals surface area (Å²) < 4.78 is 0. The summed E-state index contributed by atoms with van der Waals surface area (Å²) in [6.45, 7) is 1.81. The zero-order valence-electron chi connectivity index (χ0n) is 9.83. The normalized spacial score (nSPS) is 12.3. The molecule has 1 unspecified atom stereocenters. The Morgan fingerprint density at radius 1 is 1.44 bits per heavy atom. The lowest BCUT2D eigenvalue weighted by molar-refractivity contribution is -0.138. The Morgan fingerprint density at radius 2 is 2.17 bits per heavy atom. The summed E-state index contributed by atoms with van der Waals surface area (Å²) in [5, 5.41) is 16.5. The number of aromatic amines is 1. The fraction of sp³-hybridized carbons (Fsp3) is 0.250. The van der Waals surface area contributed by atoms with Crippen LogP contribution in [0.4, 0.5) is 0 Å². The molecule has 1 aromatic carbocycles. The molecule has 2 rings (SSSR count). The van der Waals surface area contributed by atoms with Crippen LogP contribution in [0.1, 0.15) is 17.3 Å². The SMILES string of the molecule is Cc1nc(SCC(C(=O)O)c2ccccc2)n[nH]1. The second kappa shape index (κ2) is 5.68. The molecular weight excluding hydrogens is 250 g/mol.